The summed E-state index contributed by atoms with van der Waals surface area (Å²) in [5, 5.41) is 9.04. The van der Waals surface area contributed by atoms with E-state index < -0.39 is 13.3 Å². The maximum absolute atomic E-state index is 11.4. The van der Waals surface area contributed by atoms with E-state index in [2.05, 4.69) is 4.52 Å². The molecule has 1 rings (SSSR count). The van der Waals surface area contributed by atoms with Crippen molar-refractivity contribution < 1.29 is 19.1 Å². The van der Waals surface area contributed by atoms with Crippen molar-refractivity contribution in [3.63, 3.8) is 0 Å². The first kappa shape index (κ1) is 11.2. The van der Waals surface area contributed by atoms with Crippen LogP contribution in [-0.2, 0) is 9.09 Å². The molecular formula is C9H13O4P. The summed E-state index contributed by atoms with van der Waals surface area (Å²) in [5.41, 5.74) is 0.0728. The van der Waals surface area contributed by atoms with Gasteiger partial charge in [-0.1, -0.05) is 12.1 Å². The molecule has 78 valence electrons. The van der Waals surface area contributed by atoms with Crippen molar-refractivity contribution in [2.24, 2.45) is 0 Å². The van der Waals surface area contributed by atoms with Crippen LogP contribution in [0.15, 0.2) is 24.3 Å². The molecule has 4 nitrogen and oxygen atoms in total. The maximum atomic E-state index is 11.4. The second-order valence-corrected chi connectivity index (χ2v) is 5.28. The molecule has 0 spiro atoms. The number of phenolic OH excluding ortho intramolecular Hbond substituents is 1. The molecule has 14 heavy (non-hydrogen) atoms. The fourth-order valence-corrected chi connectivity index (χ4v) is 1.96. The Morgan fingerprint density at radius 3 is 2.29 bits per heavy atom. The summed E-state index contributed by atoms with van der Waals surface area (Å²) in [6.45, 7) is 1.61. The molecule has 5 heteroatoms. The molecule has 2 unspecified atom stereocenters. The van der Waals surface area contributed by atoms with Gasteiger partial charge >= 0.3 is 7.60 Å². The molecule has 1 aromatic carbocycles. The van der Waals surface area contributed by atoms with Gasteiger partial charge in [-0.05, 0) is 24.6 Å². The third-order valence-corrected chi connectivity index (χ3v) is 3.93. The molecule has 0 saturated heterocycles. The highest BCUT2D eigenvalue weighted by Crippen LogP contribution is 2.55. The van der Waals surface area contributed by atoms with Crippen LogP contribution in [0.4, 0.5) is 0 Å². The minimum atomic E-state index is -3.58. The average molecular weight is 216 g/mol. The van der Waals surface area contributed by atoms with E-state index in [-0.39, 0.29) is 5.75 Å². The van der Waals surface area contributed by atoms with Crippen LogP contribution in [0.5, 0.6) is 5.75 Å². The van der Waals surface area contributed by atoms with Crippen molar-refractivity contribution in [2.75, 3.05) is 7.11 Å². The van der Waals surface area contributed by atoms with Gasteiger partial charge in [0.2, 0.25) is 0 Å². The maximum Gasteiger partial charge on any atom is 0.334 e. The van der Waals surface area contributed by atoms with Gasteiger partial charge in [0, 0.05) is 7.11 Å². The van der Waals surface area contributed by atoms with Crippen LogP contribution >= 0.6 is 7.60 Å². The number of aromatic hydroxyl groups is 1. The van der Waals surface area contributed by atoms with Gasteiger partial charge in [-0.2, -0.15) is 0 Å². The van der Waals surface area contributed by atoms with Crippen molar-refractivity contribution >= 4 is 7.60 Å². The molecule has 0 radical (unpaired) electrons. The Bertz CT molecular complexity index is 346. The molecule has 0 amide bonds. The van der Waals surface area contributed by atoms with Crippen LogP contribution in [-0.4, -0.2) is 17.1 Å². The summed E-state index contributed by atoms with van der Waals surface area (Å²) in [5.74, 6) is 0.131. The van der Waals surface area contributed by atoms with Crippen molar-refractivity contribution in [3.05, 3.63) is 29.8 Å². The van der Waals surface area contributed by atoms with Gasteiger partial charge in [0.1, 0.15) is 5.75 Å². The first-order valence-corrected chi connectivity index (χ1v) is 5.79. The molecule has 0 bridgehead atoms. The Kier molecular flexibility index (Phi) is 3.32. The van der Waals surface area contributed by atoms with Crippen molar-refractivity contribution in [1.29, 1.82) is 0 Å². The quantitative estimate of drug-likeness (QED) is 0.760. The van der Waals surface area contributed by atoms with Crippen LogP contribution in [0.25, 0.3) is 0 Å². The SMILES string of the molecule is COP(=O)(O)C(C)c1ccc(O)cc1. The lowest BCUT2D eigenvalue weighted by molar-refractivity contribution is 0.306. The summed E-state index contributed by atoms with van der Waals surface area (Å²) in [6, 6.07) is 6.15. The lowest BCUT2D eigenvalue weighted by atomic mass is 10.2. The van der Waals surface area contributed by atoms with Gasteiger partial charge in [-0.3, -0.25) is 4.57 Å². The third-order valence-electron chi connectivity index (χ3n) is 2.13. The molecule has 0 aromatic heterocycles. The first-order valence-electron chi connectivity index (χ1n) is 4.14. The summed E-state index contributed by atoms with van der Waals surface area (Å²) in [6.07, 6.45) is 0. The smallest absolute Gasteiger partial charge is 0.334 e. The minimum Gasteiger partial charge on any atom is -0.508 e. The average Bonchev–Trinajstić information content (AvgIpc) is 2.18. The number of phenols is 1. The summed E-state index contributed by atoms with van der Waals surface area (Å²) >= 11 is 0. The zero-order valence-corrected chi connectivity index (χ0v) is 8.94. The van der Waals surface area contributed by atoms with E-state index in [1.807, 2.05) is 0 Å². The fourth-order valence-electron chi connectivity index (χ4n) is 1.10. The lowest BCUT2D eigenvalue weighted by Crippen LogP contribution is -1.96. The minimum absolute atomic E-state index is 0.131. The van der Waals surface area contributed by atoms with E-state index in [9.17, 15) is 9.46 Å². The zero-order valence-electron chi connectivity index (χ0n) is 8.04. The van der Waals surface area contributed by atoms with E-state index in [1.54, 1.807) is 19.1 Å². The highest BCUT2D eigenvalue weighted by molar-refractivity contribution is 7.53. The second kappa shape index (κ2) is 4.13. The van der Waals surface area contributed by atoms with Crippen molar-refractivity contribution in [3.8, 4) is 5.75 Å². The van der Waals surface area contributed by atoms with Crippen LogP contribution in [0.1, 0.15) is 18.1 Å². The first-order chi connectivity index (χ1) is 6.47. The van der Waals surface area contributed by atoms with Crippen molar-refractivity contribution in [1.82, 2.24) is 0 Å². The summed E-state index contributed by atoms with van der Waals surface area (Å²) in [7, 11) is -2.38. The van der Waals surface area contributed by atoms with Crippen molar-refractivity contribution in [2.45, 2.75) is 12.6 Å². The standard InChI is InChI=1S/C9H13O4P/c1-7(14(11,12)13-2)8-3-5-9(10)6-4-8/h3-7,10H,1-2H3,(H,11,12). The third kappa shape index (κ3) is 2.35. The number of hydrogen-bond acceptors (Lipinski definition) is 3. The molecule has 0 aliphatic rings. The molecule has 2 N–H and O–H groups in total. The second-order valence-electron chi connectivity index (χ2n) is 3.01. The van der Waals surface area contributed by atoms with Gasteiger partial charge in [0.15, 0.2) is 0 Å². The van der Waals surface area contributed by atoms with E-state index in [4.69, 9.17) is 5.11 Å². The lowest BCUT2D eigenvalue weighted by Gasteiger charge is -2.17. The monoisotopic (exact) mass is 216 g/mol. The predicted molar refractivity (Wildman–Crippen MR) is 53.4 cm³/mol. The molecular weight excluding hydrogens is 203 g/mol. The van der Waals surface area contributed by atoms with Crippen LogP contribution in [0.3, 0.4) is 0 Å². The van der Waals surface area contributed by atoms with Crippen LogP contribution < -0.4 is 0 Å². The Hall–Kier alpha value is -0.830. The topological polar surface area (TPSA) is 66.8 Å². The molecule has 0 fully saturated rings. The molecule has 0 saturated carbocycles. The van der Waals surface area contributed by atoms with E-state index in [0.717, 1.165) is 0 Å². The van der Waals surface area contributed by atoms with Crippen LogP contribution in [0.2, 0.25) is 0 Å². The molecule has 0 heterocycles. The number of rotatable bonds is 3. The number of hydrogen-bond donors (Lipinski definition) is 2. The predicted octanol–water partition coefficient (Wildman–Crippen LogP) is 2.29. The van der Waals surface area contributed by atoms with Crippen LogP contribution in [0, 0.1) is 0 Å². The van der Waals surface area contributed by atoms with E-state index in [1.165, 1.54) is 19.2 Å². The van der Waals surface area contributed by atoms with Gasteiger partial charge < -0.3 is 14.5 Å². The Labute approximate surface area is 82.7 Å². The van der Waals surface area contributed by atoms with Gasteiger partial charge in [-0.25, -0.2) is 0 Å². The zero-order chi connectivity index (χ0) is 10.8. The Morgan fingerprint density at radius 2 is 1.86 bits per heavy atom. The van der Waals surface area contributed by atoms with Gasteiger partial charge in [0.25, 0.3) is 0 Å². The van der Waals surface area contributed by atoms with Gasteiger partial charge in [0.05, 0.1) is 5.66 Å². The summed E-state index contributed by atoms with van der Waals surface area (Å²) in [4.78, 5) is 9.39. The number of benzene rings is 1. The normalized spacial score (nSPS) is 17.4. The molecule has 0 aliphatic carbocycles. The van der Waals surface area contributed by atoms with E-state index in [0.29, 0.717) is 5.56 Å². The Morgan fingerprint density at radius 1 is 1.36 bits per heavy atom. The largest absolute Gasteiger partial charge is 0.508 e. The van der Waals surface area contributed by atoms with Gasteiger partial charge in [-0.15, -0.1) is 0 Å². The molecule has 0 aliphatic heterocycles. The van der Waals surface area contributed by atoms with E-state index >= 15 is 0 Å². The summed E-state index contributed by atoms with van der Waals surface area (Å²) < 4.78 is 16.0. The fraction of sp³-hybridized carbons (Fsp3) is 0.333. The highest BCUT2D eigenvalue weighted by Gasteiger charge is 2.28. The molecule has 1 aromatic rings. The molecule has 2 atom stereocenters. The highest BCUT2D eigenvalue weighted by atomic mass is 31.2. The Balaban J connectivity index is 2.95.